The molecule has 184 valence electrons. The van der Waals surface area contributed by atoms with Gasteiger partial charge in [-0.2, -0.15) is 0 Å². The van der Waals surface area contributed by atoms with Gasteiger partial charge < -0.3 is 16.0 Å². The molecule has 0 aromatic heterocycles. The lowest BCUT2D eigenvalue weighted by atomic mass is 9.99. The van der Waals surface area contributed by atoms with Gasteiger partial charge in [-0.3, -0.25) is 19.6 Å². The van der Waals surface area contributed by atoms with Crippen LogP contribution in [0.15, 0.2) is 35.3 Å². The molecule has 0 bridgehead atoms. The van der Waals surface area contributed by atoms with Gasteiger partial charge in [0.05, 0.1) is 0 Å². The molecule has 2 saturated heterocycles. The van der Waals surface area contributed by atoms with Crippen LogP contribution in [0.1, 0.15) is 58.1 Å². The van der Waals surface area contributed by atoms with Crippen molar-refractivity contribution in [1.29, 1.82) is 0 Å². The third-order valence-corrected chi connectivity index (χ3v) is 6.83. The van der Waals surface area contributed by atoms with E-state index in [2.05, 4.69) is 63.1 Å². The van der Waals surface area contributed by atoms with E-state index in [9.17, 15) is 9.59 Å². The van der Waals surface area contributed by atoms with Crippen LogP contribution < -0.4 is 16.0 Å². The standard InChI is InChI=1S/C24H38N6O2.HI/c1-5-24(3)21(31)30(23(32)28-24)15-9-14-26-22(25-4)27-20-12-16-29(17-13-20)18(2)19-10-7-6-8-11-19;/h6-8,10-11,18,20H,5,9,12-17H2,1-4H3,(H,28,32)(H2,25,26,27);1H. The van der Waals surface area contributed by atoms with Crippen LogP contribution in [-0.4, -0.2) is 72.5 Å². The van der Waals surface area contributed by atoms with Crippen LogP contribution >= 0.6 is 24.0 Å². The maximum Gasteiger partial charge on any atom is 0.325 e. The Labute approximate surface area is 215 Å². The molecule has 2 unspecified atom stereocenters. The monoisotopic (exact) mass is 570 g/mol. The fourth-order valence-electron chi connectivity index (χ4n) is 4.40. The molecule has 3 rings (SSSR count). The fraction of sp³-hybridized carbons (Fsp3) is 0.625. The first kappa shape index (κ1) is 27.4. The molecular weight excluding hydrogens is 531 g/mol. The van der Waals surface area contributed by atoms with Crippen molar-refractivity contribution in [2.45, 2.75) is 64.1 Å². The van der Waals surface area contributed by atoms with Crippen LogP contribution in [0, 0.1) is 0 Å². The number of benzene rings is 1. The van der Waals surface area contributed by atoms with Crippen molar-refractivity contribution in [2.75, 3.05) is 33.2 Å². The van der Waals surface area contributed by atoms with E-state index in [1.54, 1.807) is 14.0 Å². The smallest absolute Gasteiger partial charge is 0.325 e. The average molecular weight is 571 g/mol. The molecule has 0 saturated carbocycles. The summed E-state index contributed by atoms with van der Waals surface area (Å²) in [6.45, 7) is 9.11. The lowest BCUT2D eigenvalue weighted by Gasteiger charge is -2.37. The molecule has 33 heavy (non-hydrogen) atoms. The normalized spacial score (nSPS) is 23.2. The number of carbonyl (C=O) groups is 2. The summed E-state index contributed by atoms with van der Waals surface area (Å²) >= 11 is 0. The predicted molar refractivity (Wildman–Crippen MR) is 143 cm³/mol. The molecular formula is C24H39IN6O2. The second-order valence-electron chi connectivity index (χ2n) is 8.97. The van der Waals surface area contributed by atoms with E-state index in [0.29, 0.717) is 38.0 Å². The zero-order chi connectivity index (χ0) is 23.1. The Morgan fingerprint density at radius 2 is 1.91 bits per heavy atom. The number of hydrogen-bond acceptors (Lipinski definition) is 4. The molecule has 3 N–H and O–H groups in total. The van der Waals surface area contributed by atoms with Gasteiger partial charge >= 0.3 is 6.03 Å². The summed E-state index contributed by atoms with van der Waals surface area (Å²) in [7, 11) is 1.77. The number of imide groups is 1. The van der Waals surface area contributed by atoms with Crippen molar-refractivity contribution < 1.29 is 9.59 Å². The molecule has 1 aromatic rings. The third-order valence-electron chi connectivity index (χ3n) is 6.83. The Balaban J connectivity index is 0.00000385. The maximum atomic E-state index is 12.5. The number of halogens is 1. The number of nitrogens with one attached hydrogen (secondary N) is 3. The minimum atomic E-state index is -0.769. The molecule has 9 heteroatoms. The molecule has 2 aliphatic heterocycles. The number of guanidine groups is 1. The van der Waals surface area contributed by atoms with Crippen LogP contribution in [0.4, 0.5) is 4.79 Å². The Hall–Kier alpha value is -1.88. The summed E-state index contributed by atoms with van der Waals surface area (Å²) in [5.41, 5.74) is 0.593. The quantitative estimate of drug-likeness (QED) is 0.147. The minimum Gasteiger partial charge on any atom is -0.356 e. The van der Waals surface area contributed by atoms with Crippen LogP contribution in [0.3, 0.4) is 0 Å². The fourth-order valence-corrected chi connectivity index (χ4v) is 4.40. The molecule has 2 atom stereocenters. The molecule has 2 heterocycles. The number of urea groups is 1. The van der Waals surface area contributed by atoms with E-state index >= 15 is 0 Å². The lowest BCUT2D eigenvalue weighted by Crippen LogP contribution is -2.49. The highest BCUT2D eigenvalue weighted by Crippen LogP contribution is 2.24. The molecule has 0 spiro atoms. The van der Waals surface area contributed by atoms with E-state index in [1.807, 2.05) is 6.92 Å². The number of rotatable bonds is 8. The summed E-state index contributed by atoms with van der Waals surface area (Å²) in [6, 6.07) is 11.2. The highest BCUT2D eigenvalue weighted by atomic mass is 127. The van der Waals surface area contributed by atoms with Gasteiger partial charge in [0.25, 0.3) is 5.91 Å². The largest absolute Gasteiger partial charge is 0.356 e. The molecule has 8 nitrogen and oxygen atoms in total. The van der Waals surface area contributed by atoms with E-state index < -0.39 is 5.54 Å². The highest BCUT2D eigenvalue weighted by Gasteiger charge is 2.45. The summed E-state index contributed by atoms with van der Waals surface area (Å²) in [5, 5.41) is 9.64. The average Bonchev–Trinajstić information content (AvgIpc) is 3.04. The van der Waals surface area contributed by atoms with E-state index in [0.717, 1.165) is 31.9 Å². The SMILES string of the molecule is CCC1(C)NC(=O)N(CCCNC(=NC)NC2CCN(C(C)c3ccccc3)CC2)C1=O.I. The van der Waals surface area contributed by atoms with Gasteiger partial charge in [0.2, 0.25) is 0 Å². The summed E-state index contributed by atoms with van der Waals surface area (Å²) in [6.07, 6.45) is 3.39. The van der Waals surface area contributed by atoms with Crippen molar-refractivity contribution >= 4 is 41.9 Å². The van der Waals surface area contributed by atoms with Crippen LogP contribution in [0.25, 0.3) is 0 Å². The van der Waals surface area contributed by atoms with Gasteiger partial charge in [0.1, 0.15) is 5.54 Å². The first-order valence-electron chi connectivity index (χ1n) is 11.8. The topological polar surface area (TPSA) is 89.1 Å². The van der Waals surface area contributed by atoms with Gasteiger partial charge in [-0.05, 0) is 45.1 Å². The Bertz CT molecular complexity index is 812. The number of likely N-dealkylation sites (tertiary alicyclic amines) is 1. The van der Waals surface area contributed by atoms with Crippen LogP contribution in [0.5, 0.6) is 0 Å². The van der Waals surface area contributed by atoms with Crippen LogP contribution in [0.2, 0.25) is 0 Å². The molecule has 0 radical (unpaired) electrons. The van der Waals surface area contributed by atoms with Gasteiger partial charge in [-0.25, -0.2) is 4.79 Å². The Morgan fingerprint density at radius 1 is 1.24 bits per heavy atom. The summed E-state index contributed by atoms with van der Waals surface area (Å²) in [4.78, 5) is 32.8. The van der Waals surface area contributed by atoms with Crippen molar-refractivity contribution in [3.8, 4) is 0 Å². The zero-order valence-electron chi connectivity index (χ0n) is 20.3. The highest BCUT2D eigenvalue weighted by molar-refractivity contribution is 14.0. The summed E-state index contributed by atoms with van der Waals surface area (Å²) < 4.78 is 0. The lowest BCUT2D eigenvalue weighted by molar-refractivity contribution is -0.130. The number of nitrogens with zero attached hydrogens (tertiary/aromatic N) is 3. The van der Waals surface area contributed by atoms with Crippen molar-refractivity contribution in [1.82, 2.24) is 25.8 Å². The number of aliphatic imine (C=N–C) groups is 1. The predicted octanol–water partition coefficient (Wildman–Crippen LogP) is 3.11. The van der Waals surface area contributed by atoms with Gasteiger partial charge in [-0.1, -0.05) is 37.3 Å². The van der Waals surface area contributed by atoms with Crippen LogP contribution in [-0.2, 0) is 4.79 Å². The van der Waals surface area contributed by atoms with Gasteiger partial charge in [-0.15, -0.1) is 24.0 Å². The number of amides is 3. The second-order valence-corrected chi connectivity index (χ2v) is 8.97. The third kappa shape index (κ3) is 6.81. The van der Waals surface area contributed by atoms with Crippen molar-refractivity contribution in [2.24, 2.45) is 4.99 Å². The molecule has 1 aromatic carbocycles. The molecule has 0 aliphatic carbocycles. The number of piperidine rings is 1. The first-order valence-corrected chi connectivity index (χ1v) is 11.8. The Kier molecular flexibility index (Phi) is 10.4. The molecule has 2 aliphatic rings. The van der Waals surface area contributed by atoms with Gasteiger partial charge in [0.15, 0.2) is 5.96 Å². The van der Waals surface area contributed by atoms with Crippen molar-refractivity contribution in [3.63, 3.8) is 0 Å². The molecule has 2 fully saturated rings. The van der Waals surface area contributed by atoms with Gasteiger partial charge in [0, 0.05) is 45.3 Å². The van der Waals surface area contributed by atoms with Crippen molar-refractivity contribution in [3.05, 3.63) is 35.9 Å². The first-order chi connectivity index (χ1) is 15.4. The van der Waals surface area contributed by atoms with E-state index in [-0.39, 0.29) is 35.9 Å². The van der Waals surface area contributed by atoms with E-state index in [4.69, 9.17) is 0 Å². The van der Waals surface area contributed by atoms with E-state index in [1.165, 1.54) is 10.5 Å². The maximum absolute atomic E-state index is 12.5. The number of hydrogen-bond donors (Lipinski definition) is 3. The second kappa shape index (κ2) is 12.5. The Morgan fingerprint density at radius 3 is 2.48 bits per heavy atom. The zero-order valence-corrected chi connectivity index (χ0v) is 22.6. The summed E-state index contributed by atoms with van der Waals surface area (Å²) in [5.74, 6) is 0.638. The minimum absolute atomic E-state index is 0. The number of carbonyl (C=O) groups excluding carboxylic acids is 2. The molecule has 3 amide bonds.